The maximum Gasteiger partial charge on any atom is 0.147 e. The Morgan fingerprint density at radius 3 is 2.00 bits per heavy atom. The van der Waals surface area contributed by atoms with E-state index in [9.17, 15) is 0 Å². The third-order valence-electron chi connectivity index (χ3n) is 13.7. The van der Waals surface area contributed by atoms with Gasteiger partial charge in [0.1, 0.15) is 22.8 Å². The molecule has 0 aliphatic carbocycles. The molecule has 9 aromatic carbocycles. The minimum atomic E-state index is 0.851. The van der Waals surface area contributed by atoms with Gasteiger partial charge < -0.3 is 9.40 Å². The summed E-state index contributed by atoms with van der Waals surface area (Å²) in [6, 6.07) is 73.3. The highest BCUT2D eigenvalue weighted by atomic mass is 16.3. The van der Waals surface area contributed by atoms with Crippen LogP contribution in [-0.2, 0) is 0 Å². The van der Waals surface area contributed by atoms with Crippen LogP contribution in [0.1, 0.15) is 5.56 Å². The lowest BCUT2D eigenvalue weighted by Crippen LogP contribution is -2.02. The molecule has 0 saturated carbocycles. The summed E-state index contributed by atoms with van der Waals surface area (Å²) < 4.78 is 11.1. The molecule has 0 amide bonds. The second kappa shape index (κ2) is 14.5. The van der Waals surface area contributed by atoms with Crippen molar-refractivity contribution >= 4 is 76.6 Å². The Morgan fingerprint density at radius 1 is 0.448 bits per heavy atom. The average molecular weight is 858 g/mol. The summed E-state index contributed by atoms with van der Waals surface area (Å²) in [7, 11) is 0. The third-order valence-corrected chi connectivity index (χ3v) is 13.7. The Kier molecular flexibility index (Phi) is 8.09. The van der Waals surface area contributed by atoms with Crippen molar-refractivity contribution in [3.05, 3.63) is 218 Å². The van der Waals surface area contributed by atoms with E-state index >= 15 is 0 Å². The number of hydrogen-bond acceptors (Lipinski definition) is 3. The number of rotatable bonds is 6. The number of aromatic amines is 1. The molecule has 1 N–H and O–H groups in total. The number of imidazole rings is 1. The average Bonchev–Trinajstić information content (AvgIpc) is 4.16. The van der Waals surface area contributed by atoms with Gasteiger partial charge in [0.2, 0.25) is 0 Å². The van der Waals surface area contributed by atoms with E-state index in [0.29, 0.717) is 0 Å². The molecule has 314 valence electrons. The molecule has 0 radical (unpaired) electrons. The summed E-state index contributed by atoms with van der Waals surface area (Å²) in [4.78, 5) is 14.7. The molecular formula is C61H39N5O. The van der Waals surface area contributed by atoms with Crippen molar-refractivity contribution in [3.8, 4) is 56.3 Å². The van der Waals surface area contributed by atoms with E-state index in [1.807, 2.05) is 12.3 Å². The molecule has 14 aromatic rings. The number of pyridine rings is 1. The van der Waals surface area contributed by atoms with E-state index in [-0.39, 0.29) is 0 Å². The van der Waals surface area contributed by atoms with Crippen molar-refractivity contribution in [2.24, 2.45) is 0 Å². The van der Waals surface area contributed by atoms with E-state index in [1.165, 1.54) is 21.9 Å². The van der Waals surface area contributed by atoms with Gasteiger partial charge in [-0.25, -0.2) is 9.97 Å². The molecular weight excluding hydrogens is 819 g/mol. The van der Waals surface area contributed by atoms with Crippen LogP contribution in [0.3, 0.4) is 0 Å². The minimum Gasteiger partial charge on any atom is -0.456 e. The Hall–Kier alpha value is -9.00. The lowest BCUT2D eigenvalue weighted by Gasteiger charge is -2.14. The monoisotopic (exact) mass is 857 g/mol. The number of nitrogens with one attached hydrogen (secondary N) is 1. The van der Waals surface area contributed by atoms with Crippen LogP contribution < -0.4 is 0 Å². The van der Waals surface area contributed by atoms with Gasteiger partial charge in [-0.3, -0.25) is 9.13 Å². The molecule has 0 fully saturated rings. The zero-order valence-corrected chi connectivity index (χ0v) is 36.4. The Bertz CT molecular complexity index is 4270. The first-order valence-corrected chi connectivity index (χ1v) is 22.7. The van der Waals surface area contributed by atoms with E-state index in [2.05, 4.69) is 221 Å². The highest BCUT2D eigenvalue weighted by Crippen LogP contribution is 2.45. The standard InChI is InChI=1S/C61H39N5O/c1-37-43(39-18-7-3-8-19-39)32-33-62-60(37)66-51-25-13-11-22-45(51)46-29-28-40(36-53(46)66)44-24-15-26-52-59(44)64-61(65(52)42-20-9-4-10-21-42)49-35-41(38-16-5-2-6-17-38)34-48-56-50(63-58(48)49)30-31-55-57(56)47-23-12-14-27-54(47)67-55/h2-36,63H,1H3. The van der Waals surface area contributed by atoms with Gasteiger partial charge in [0.15, 0.2) is 0 Å². The summed E-state index contributed by atoms with van der Waals surface area (Å²) in [5.74, 6) is 1.77. The molecule has 6 heteroatoms. The SMILES string of the molecule is Cc1c(-c2ccccc2)ccnc1-n1c2ccccc2c2ccc(-c3cccc4c3nc(-c3cc(-c5ccccc5)cc5c3[nH]c3ccc6oc7ccccc7c6c35)n4-c3ccccc3)cc21. The fourth-order valence-corrected chi connectivity index (χ4v) is 10.7. The predicted molar refractivity (Wildman–Crippen MR) is 276 cm³/mol. The highest BCUT2D eigenvalue weighted by molar-refractivity contribution is 6.28. The van der Waals surface area contributed by atoms with E-state index < -0.39 is 0 Å². The molecule has 67 heavy (non-hydrogen) atoms. The summed E-state index contributed by atoms with van der Waals surface area (Å²) in [5.41, 5.74) is 17.8. The zero-order valence-electron chi connectivity index (χ0n) is 36.4. The number of aromatic nitrogens is 5. The largest absolute Gasteiger partial charge is 0.456 e. The fourth-order valence-electron chi connectivity index (χ4n) is 10.7. The molecule has 14 rings (SSSR count). The van der Waals surface area contributed by atoms with Crippen molar-refractivity contribution in [1.29, 1.82) is 0 Å². The zero-order chi connectivity index (χ0) is 44.2. The molecule has 0 atom stereocenters. The van der Waals surface area contributed by atoms with Crippen LogP contribution >= 0.6 is 0 Å². The van der Waals surface area contributed by atoms with Gasteiger partial charge in [-0.05, 0) is 101 Å². The fraction of sp³-hybridized carbons (Fsp3) is 0.0164. The lowest BCUT2D eigenvalue weighted by molar-refractivity contribution is 0.669. The summed E-state index contributed by atoms with van der Waals surface area (Å²) in [6.07, 6.45) is 1.94. The topological polar surface area (TPSA) is 64.6 Å². The van der Waals surface area contributed by atoms with Gasteiger partial charge >= 0.3 is 0 Å². The predicted octanol–water partition coefficient (Wildman–Crippen LogP) is 16.0. The first-order chi connectivity index (χ1) is 33.2. The summed E-state index contributed by atoms with van der Waals surface area (Å²) >= 11 is 0. The number of para-hydroxylation sites is 4. The molecule has 5 aromatic heterocycles. The maximum atomic E-state index is 6.45. The number of nitrogens with zero attached hydrogens (tertiary/aromatic N) is 4. The van der Waals surface area contributed by atoms with E-state index in [4.69, 9.17) is 14.4 Å². The van der Waals surface area contributed by atoms with Crippen LogP contribution in [0.15, 0.2) is 217 Å². The van der Waals surface area contributed by atoms with E-state index in [1.54, 1.807) is 0 Å². The molecule has 6 nitrogen and oxygen atoms in total. The molecule has 0 saturated heterocycles. The highest BCUT2D eigenvalue weighted by Gasteiger charge is 2.24. The van der Waals surface area contributed by atoms with Gasteiger partial charge in [0.25, 0.3) is 0 Å². The molecule has 0 bridgehead atoms. The Labute approximate surface area is 384 Å². The molecule has 0 unspecified atom stereocenters. The Balaban J connectivity index is 1.04. The van der Waals surface area contributed by atoms with Crippen molar-refractivity contribution in [1.82, 2.24) is 24.1 Å². The first-order valence-electron chi connectivity index (χ1n) is 22.7. The third kappa shape index (κ3) is 5.63. The normalized spacial score (nSPS) is 12.0. The van der Waals surface area contributed by atoms with Crippen LogP contribution in [0.2, 0.25) is 0 Å². The van der Waals surface area contributed by atoms with Crippen LogP contribution in [-0.4, -0.2) is 24.1 Å². The van der Waals surface area contributed by atoms with Crippen LogP contribution in [0.5, 0.6) is 0 Å². The maximum absolute atomic E-state index is 6.45. The number of hydrogen-bond donors (Lipinski definition) is 1. The first kappa shape index (κ1) is 37.4. The van der Waals surface area contributed by atoms with Gasteiger partial charge in [0.05, 0.1) is 27.6 Å². The Morgan fingerprint density at radius 2 is 1.16 bits per heavy atom. The summed E-state index contributed by atoms with van der Waals surface area (Å²) in [6.45, 7) is 2.19. The smallest absolute Gasteiger partial charge is 0.147 e. The second-order valence-electron chi connectivity index (χ2n) is 17.4. The second-order valence-corrected chi connectivity index (χ2v) is 17.4. The molecule has 0 spiro atoms. The van der Waals surface area contributed by atoms with Gasteiger partial charge in [-0.15, -0.1) is 0 Å². The van der Waals surface area contributed by atoms with Crippen LogP contribution in [0.25, 0.3) is 133 Å². The van der Waals surface area contributed by atoms with E-state index in [0.717, 1.165) is 117 Å². The molecule has 0 aliphatic rings. The summed E-state index contributed by atoms with van der Waals surface area (Å²) in [5, 5.41) is 6.83. The van der Waals surface area contributed by atoms with Crippen LogP contribution in [0, 0.1) is 6.92 Å². The molecule has 0 aliphatic heterocycles. The number of furan rings is 1. The van der Waals surface area contributed by atoms with Gasteiger partial charge in [-0.2, -0.15) is 0 Å². The molecule has 5 heterocycles. The van der Waals surface area contributed by atoms with Crippen LogP contribution in [0.4, 0.5) is 0 Å². The van der Waals surface area contributed by atoms with Crippen molar-refractivity contribution in [2.75, 3.05) is 0 Å². The number of H-pyrrole nitrogens is 1. The van der Waals surface area contributed by atoms with Crippen molar-refractivity contribution in [3.63, 3.8) is 0 Å². The number of benzene rings is 9. The van der Waals surface area contributed by atoms with Gasteiger partial charge in [-0.1, -0.05) is 140 Å². The lowest BCUT2D eigenvalue weighted by atomic mass is 9.97. The van der Waals surface area contributed by atoms with Gasteiger partial charge in [0, 0.05) is 66.4 Å². The quantitative estimate of drug-likeness (QED) is 0.181. The van der Waals surface area contributed by atoms with Crippen molar-refractivity contribution < 1.29 is 4.42 Å². The van der Waals surface area contributed by atoms with Crippen molar-refractivity contribution in [2.45, 2.75) is 6.92 Å². The minimum absolute atomic E-state index is 0.851. The number of fused-ring (bicyclic) bond motifs is 11.